The highest BCUT2D eigenvalue weighted by Gasteiger charge is 2.34. The third kappa shape index (κ3) is 6.40. The van der Waals surface area contributed by atoms with E-state index < -0.39 is 47.7 Å². The molecule has 2 N–H and O–H groups in total. The molecule has 0 spiro atoms. The number of halogens is 4. The van der Waals surface area contributed by atoms with Crippen LogP contribution < -0.4 is 5.32 Å². The van der Waals surface area contributed by atoms with E-state index in [0.717, 1.165) is 0 Å². The van der Waals surface area contributed by atoms with E-state index in [-0.39, 0.29) is 36.2 Å². The highest BCUT2D eigenvalue weighted by atomic mass is 19.4. The standard InChI is InChI=1S/C28H27F4N7O4/c1-14(23-33-6-5-7-34-23)39(11-21-18(29)8-15(10-35-21)28(30,31)32)25(40)20-9-19-22(36-20)16-12-42-13-17(16)24(37-19)38-26(41)43-27(2,3)4/h5-10,14,36H,11-13H2,1-4H3,(H,37,38,41)/t14-/m1/s1. The van der Waals surface area contributed by atoms with Crippen molar-refractivity contribution in [1.82, 2.24) is 29.8 Å². The molecule has 0 saturated carbocycles. The van der Waals surface area contributed by atoms with Gasteiger partial charge in [-0.15, -0.1) is 0 Å². The number of nitrogens with one attached hydrogen (secondary N) is 2. The Morgan fingerprint density at radius 2 is 1.81 bits per heavy atom. The van der Waals surface area contributed by atoms with Crippen LogP contribution in [0, 0.1) is 5.82 Å². The summed E-state index contributed by atoms with van der Waals surface area (Å²) in [6, 6.07) is 2.53. The monoisotopic (exact) mass is 601 g/mol. The van der Waals surface area contributed by atoms with Crippen LogP contribution in [0.2, 0.25) is 0 Å². The molecule has 226 valence electrons. The molecule has 4 aromatic rings. The Morgan fingerprint density at radius 3 is 2.47 bits per heavy atom. The summed E-state index contributed by atoms with van der Waals surface area (Å²) in [5.41, 5.74) is -0.216. The van der Waals surface area contributed by atoms with Gasteiger partial charge in [-0.1, -0.05) is 0 Å². The molecule has 2 amide bonds. The van der Waals surface area contributed by atoms with Crippen molar-refractivity contribution in [3.8, 4) is 0 Å². The van der Waals surface area contributed by atoms with Crippen molar-refractivity contribution in [3.63, 3.8) is 0 Å². The van der Waals surface area contributed by atoms with Crippen LogP contribution in [-0.4, -0.2) is 47.4 Å². The minimum Gasteiger partial charge on any atom is -0.444 e. The Balaban J connectivity index is 1.52. The second-order valence-electron chi connectivity index (χ2n) is 10.8. The van der Waals surface area contributed by atoms with Gasteiger partial charge in [0.25, 0.3) is 5.91 Å². The SMILES string of the molecule is C[C@H](c1ncccn1)N(Cc1ncc(C(F)(F)F)cc1F)C(=O)c1cc2nc(NC(=O)OC(C)(C)C)c3c(c2[nH]1)COC3. The van der Waals surface area contributed by atoms with E-state index in [2.05, 4.69) is 30.2 Å². The average Bonchev–Trinajstić information content (AvgIpc) is 3.58. The molecule has 1 aliphatic heterocycles. The van der Waals surface area contributed by atoms with Crippen molar-refractivity contribution in [2.75, 3.05) is 5.32 Å². The summed E-state index contributed by atoms with van der Waals surface area (Å²) in [6.07, 6.45) is -2.05. The number of anilines is 1. The molecule has 0 saturated heterocycles. The van der Waals surface area contributed by atoms with Gasteiger partial charge < -0.3 is 19.4 Å². The van der Waals surface area contributed by atoms with Gasteiger partial charge in [0.15, 0.2) is 0 Å². The van der Waals surface area contributed by atoms with E-state index in [1.165, 1.54) is 23.4 Å². The Bertz CT molecular complexity index is 1690. The fourth-order valence-electron chi connectivity index (χ4n) is 4.54. The summed E-state index contributed by atoms with van der Waals surface area (Å²) in [5, 5.41) is 2.64. The van der Waals surface area contributed by atoms with Gasteiger partial charge in [-0.2, -0.15) is 13.2 Å². The number of hydrogen-bond donors (Lipinski definition) is 2. The van der Waals surface area contributed by atoms with Gasteiger partial charge in [0.1, 0.15) is 28.8 Å². The van der Waals surface area contributed by atoms with Gasteiger partial charge in [0, 0.05) is 29.7 Å². The van der Waals surface area contributed by atoms with Crippen LogP contribution in [0.3, 0.4) is 0 Å². The third-order valence-corrected chi connectivity index (χ3v) is 6.58. The van der Waals surface area contributed by atoms with Crippen LogP contribution in [0.15, 0.2) is 36.8 Å². The highest BCUT2D eigenvalue weighted by Crippen LogP contribution is 2.34. The summed E-state index contributed by atoms with van der Waals surface area (Å²) in [4.78, 5) is 47.2. The number of hydrogen-bond acceptors (Lipinski definition) is 8. The topological polar surface area (TPSA) is 135 Å². The summed E-state index contributed by atoms with van der Waals surface area (Å²) in [7, 11) is 0. The Kier molecular flexibility index (Phi) is 7.77. The van der Waals surface area contributed by atoms with Crippen LogP contribution in [-0.2, 0) is 35.4 Å². The van der Waals surface area contributed by atoms with Crippen molar-refractivity contribution in [1.29, 1.82) is 0 Å². The zero-order chi connectivity index (χ0) is 31.1. The number of aromatic nitrogens is 5. The Hall–Kier alpha value is -4.66. The van der Waals surface area contributed by atoms with E-state index in [9.17, 15) is 27.2 Å². The Labute approximate surface area is 242 Å². The van der Waals surface area contributed by atoms with Crippen molar-refractivity contribution < 1.29 is 36.6 Å². The lowest BCUT2D eigenvalue weighted by Crippen LogP contribution is -2.35. The molecule has 43 heavy (non-hydrogen) atoms. The summed E-state index contributed by atoms with van der Waals surface area (Å²) in [5.74, 6) is -1.44. The first-order valence-electron chi connectivity index (χ1n) is 13.1. The molecule has 5 heterocycles. The number of fused-ring (bicyclic) bond motifs is 3. The molecule has 1 aliphatic rings. The van der Waals surface area contributed by atoms with Crippen LogP contribution in [0.5, 0.6) is 0 Å². The van der Waals surface area contributed by atoms with E-state index in [0.29, 0.717) is 34.4 Å². The quantitative estimate of drug-likeness (QED) is 0.269. The van der Waals surface area contributed by atoms with Gasteiger partial charge in [0.2, 0.25) is 0 Å². The summed E-state index contributed by atoms with van der Waals surface area (Å²) >= 11 is 0. The van der Waals surface area contributed by atoms with Crippen LogP contribution in [0.25, 0.3) is 11.0 Å². The first-order valence-corrected chi connectivity index (χ1v) is 13.1. The normalized spacial score (nSPS) is 14.0. The molecule has 5 rings (SSSR count). The molecule has 0 fully saturated rings. The largest absolute Gasteiger partial charge is 0.444 e. The zero-order valence-corrected chi connectivity index (χ0v) is 23.5. The van der Waals surface area contributed by atoms with Crippen LogP contribution in [0.4, 0.5) is 28.2 Å². The molecule has 4 aromatic heterocycles. The number of H-pyrrole nitrogens is 1. The minimum atomic E-state index is -4.79. The van der Waals surface area contributed by atoms with Gasteiger partial charge in [-0.05, 0) is 45.9 Å². The number of aromatic amines is 1. The molecule has 15 heteroatoms. The van der Waals surface area contributed by atoms with Crippen molar-refractivity contribution >= 4 is 28.9 Å². The predicted molar refractivity (Wildman–Crippen MR) is 144 cm³/mol. The van der Waals surface area contributed by atoms with Crippen LogP contribution >= 0.6 is 0 Å². The van der Waals surface area contributed by atoms with E-state index >= 15 is 0 Å². The van der Waals surface area contributed by atoms with Gasteiger partial charge in [0.05, 0.1) is 48.1 Å². The number of ether oxygens (including phenoxy) is 2. The molecule has 0 aromatic carbocycles. The Morgan fingerprint density at radius 1 is 1.12 bits per heavy atom. The number of amides is 2. The number of carbonyl (C=O) groups excluding carboxylic acids is 2. The highest BCUT2D eigenvalue weighted by molar-refractivity contribution is 5.99. The van der Waals surface area contributed by atoms with E-state index in [4.69, 9.17) is 9.47 Å². The molecular formula is C28H27F4N7O4. The lowest BCUT2D eigenvalue weighted by atomic mass is 10.1. The molecule has 1 atom stereocenters. The number of nitrogens with zero attached hydrogens (tertiary/aromatic N) is 5. The fraction of sp³-hybridized carbons (Fsp3) is 0.357. The minimum absolute atomic E-state index is 0.0427. The van der Waals surface area contributed by atoms with Crippen molar-refractivity contribution in [2.45, 2.75) is 65.3 Å². The number of alkyl halides is 3. The summed E-state index contributed by atoms with van der Waals surface area (Å²) in [6.45, 7) is 6.63. The number of carbonyl (C=O) groups is 2. The second-order valence-corrected chi connectivity index (χ2v) is 10.8. The van der Waals surface area contributed by atoms with Crippen molar-refractivity contribution in [2.24, 2.45) is 0 Å². The lowest BCUT2D eigenvalue weighted by molar-refractivity contribution is -0.138. The van der Waals surface area contributed by atoms with Gasteiger partial charge in [-0.3, -0.25) is 15.1 Å². The molecular weight excluding hydrogens is 574 g/mol. The van der Waals surface area contributed by atoms with Gasteiger partial charge in [-0.25, -0.2) is 24.1 Å². The summed E-state index contributed by atoms with van der Waals surface area (Å²) < 4.78 is 65.0. The van der Waals surface area contributed by atoms with E-state index in [1.807, 2.05) is 0 Å². The van der Waals surface area contributed by atoms with Crippen molar-refractivity contribution in [3.05, 3.63) is 76.5 Å². The first-order chi connectivity index (χ1) is 20.2. The van der Waals surface area contributed by atoms with Crippen LogP contribution in [0.1, 0.15) is 72.4 Å². The maximum absolute atomic E-state index is 14.8. The number of pyridine rings is 2. The lowest BCUT2D eigenvalue weighted by Gasteiger charge is -2.28. The van der Waals surface area contributed by atoms with Gasteiger partial charge >= 0.3 is 12.3 Å². The molecule has 11 nitrogen and oxygen atoms in total. The third-order valence-electron chi connectivity index (χ3n) is 6.58. The second kappa shape index (κ2) is 11.2. The predicted octanol–water partition coefficient (Wildman–Crippen LogP) is 5.69. The zero-order valence-electron chi connectivity index (χ0n) is 23.5. The fourth-order valence-corrected chi connectivity index (χ4v) is 4.54. The maximum Gasteiger partial charge on any atom is 0.417 e. The van der Waals surface area contributed by atoms with E-state index in [1.54, 1.807) is 33.8 Å². The number of rotatable bonds is 6. The molecule has 0 unspecified atom stereocenters. The molecule has 0 bridgehead atoms. The molecule has 0 aliphatic carbocycles. The molecule has 0 radical (unpaired) electrons. The maximum atomic E-state index is 14.8. The average molecular weight is 602 g/mol. The smallest absolute Gasteiger partial charge is 0.417 e. The first kappa shape index (κ1) is 29.8.